The maximum Gasteiger partial charge on any atom is 0.288 e. The van der Waals surface area contributed by atoms with Crippen molar-refractivity contribution in [3.63, 3.8) is 0 Å². The fraction of sp³-hybridized carbons (Fsp3) is 0.304. The summed E-state index contributed by atoms with van der Waals surface area (Å²) >= 11 is 0. The second kappa shape index (κ2) is 21.5. The molecule has 0 unspecified atom stereocenters. The van der Waals surface area contributed by atoms with Crippen LogP contribution in [0.2, 0.25) is 0 Å². The first-order valence-corrected chi connectivity index (χ1v) is 9.54. The van der Waals surface area contributed by atoms with Gasteiger partial charge in [-0.2, -0.15) is 0 Å². The predicted molar refractivity (Wildman–Crippen MR) is 121 cm³/mol. The predicted octanol–water partition coefficient (Wildman–Crippen LogP) is 5.87. The molecule has 0 saturated heterocycles. The second-order valence-electron chi connectivity index (χ2n) is 4.74. The molecule has 2 radical (unpaired) electrons. The van der Waals surface area contributed by atoms with Gasteiger partial charge in [-0.15, -0.1) is 5.10 Å². The van der Waals surface area contributed by atoms with Crippen LogP contribution >= 0.6 is 0 Å². The van der Waals surface area contributed by atoms with E-state index in [1.807, 2.05) is 103 Å². The van der Waals surface area contributed by atoms with Crippen molar-refractivity contribution < 1.29 is 70.2 Å². The van der Waals surface area contributed by atoms with Gasteiger partial charge in [-0.05, 0) is 24.6 Å². The minimum absolute atomic E-state index is 0. The van der Waals surface area contributed by atoms with Crippen molar-refractivity contribution in [3.05, 3.63) is 73.4 Å². The zero-order valence-electron chi connectivity index (χ0n) is 19.7. The third kappa shape index (κ3) is 11.0. The van der Waals surface area contributed by atoms with Crippen LogP contribution in [-0.2, 0) is 65.4 Å². The first kappa shape index (κ1) is 36.6. The Morgan fingerprint density at radius 2 is 1.40 bits per heavy atom. The molecule has 30 heavy (non-hydrogen) atoms. The molecular formula is C23H35N4OY2-. The van der Waals surface area contributed by atoms with E-state index in [4.69, 9.17) is 5.73 Å². The SMILES string of the molecule is CC.CC.CC.Cc1cccc(-n2nc(C(N)=O)nc2-c2ccccc2)c1.[CH3-].[Y].[Y]. The molecule has 0 aliphatic carbocycles. The summed E-state index contributed by atoms with van der Waals surface area (Å²) in [5.41, 5.74) is 8.12. The molecule has 5 nitrogen and oxygen atoms in total. The van der Waals surface area contributed by atoms with Crippen molar-refractivity contribution in [2.75, 3.05) is 0 Å². The van der Waals surface area contributed by atoms with Crippen LogP contribution in [0, 0.1) is 14.4 Å². The number of rotatable bonds is 3. The molecule has 0 atom stereocenters. The fourth-order valence-electron chi connectivity index (χ4n) is 2.13. The van der Waals surface area contributed by atoms with Gasteiger partial charge in [0.15, 0.2) is 5.82 Å². The van der Waals surface area contributed by atoms with Gasteiger partial charge in [-0.1, -0.05) is 84.0 Å². The van der Waals surface area contributed by atoms with Gasteiger partial charge in [0.05, 0.1) is 5.69 Å². The maximum atomic E-state index is 11.4. The van der Waals surface area contributed by atoms with E-state index in [1.54, 1.807) is 4.68 Å². The molecule has 1 aromatic heterocycles. The van der Waals surface area contributed by atoms with Gasteiger partial charge in [0.1, 0.15) is 0 Å². The summed E-state index contributed by atoms with van der Waals surface area (Å²) in [5.74, 6) is -0.0380. The van der Waals surface area contributed by atoms with Crippen LogP contribution in [0.5, 0.6) is 0 Å². The number of aryl methyl sites for hydroxylation is 1. The molecule has 0 fully saturated rings. The van der Waals surface area contributed by atoms with Gasteiger partial charge < -0.3 is 13.2 Å². The van der Waals surface area contributed by atoms with Crippen LogP contribution < -0.4 is 5.73 Å². The van der Waals surface area contributed by atoms with Crippen LogP contribution in [0.3, 0.4) is 0 Å². The summed E-state index contributed by atoms with van der Waals surface area (Å²) < 4.78 is 1.64. The Bertz CT molecular complexity index is 806. The molecule has 0 aliphatic heterocycles. The smallest absolute Gasteiger partial charge is 0.288 e. The van der Waals surface area contributed by atoms with E-state index in [-0.39, 0.29) is 78.7 Å². The zero-order valence-corrected chi connectivity index (χ0v) is 25.4. The van der Waals surface area contributed by atoms with E-state index < -0.39 is 5.91 Å². The quantitative estimate of drug-likeness (QED) is 0.407. The van der Waals surface area contributed by atoms with E-state index in [2.05, 4.69) is 10.1 Å². The van der Waals surface area contributed by atoms with Crippen molar-refractivity contribution in [2.24, 2.45) is 5.73 Å². The van der Waals surface area contributed by atoms with Crippen LogP contribution in [0.4, 0.5) is 0 Å². The van der Waals surface area contributed by atoms with E-state index in [0.29, 0.717) is 5.82 Å². The molecular weight excluding hydrogens is 526 g/mol. The Morgan fingerprint density at radius 1 is 0.867 bits per heavy atom. The summed E-state index contributed by atoms with van der Waals surface area (Å²) in [5, 5.41) is 4.23. The third-order valence-corrected chi connectivity index (χ3v) is 3.11. The summed E-state index contributed by atoms with van der Waals surface area (Å²) in [4.78, 5) is 15.6. The maximum absolute atomic E-state index is 11.4. The molecule has 3 rings (SSSR count). The molecule has 2 aromatic carbocycles. The van der Waals surface area contributed by atoms with Gasteiger partial charge in [0.25, 0.3) is 5.91 Å². The number of hydrogen-bond donors (Lipinski definition) is 1. The molecule has 0 saturated carbocycles. The standard InChI is InChI=1S/C16H14N4O.3C2H6.CH3.2Y/c1-11-6-5-9-13(10-11)20-16(12-7-3-2-4-8-12)18-15(19-20)14(17)21;3*1-2;;;/h2-10H,1H3,(H2,17,21);3*1-2H3;1H3;;/q;;;;-1;;. The molecule has 7 heteroatoms. The number of primary amides is 1. The first-order chi connectivity index (χ1) is 13.1. The monoisotopic (exact) mass is 561 g/mol. The minimum atomic E-state index is -0.640. The number of benzene rings is 2. The molecule has 1 heterocycles. The number of hydrogen-bond acceptors (Lipinski definition) is 3. The third-order valence-electron chi connectivity index (χ3n) is 3.11. The van der Waals surface area contributed by atoms with Gasteiger partial charge in [-0.3, -0.25) is 4.79 Å². The Morgan fingerprint density at radius 3 is 1.87 bits per heavy atom. The van der Waals surface area contributed by atoms with Crippen LogP contribution in [0.15, 0.2) is 54.6 Å². The minimum Gasteiger partial charge on any atom is -0.363 e. The molecule has 160 valence electrons. The fourth-order valence-corrected chi connectivity index (χ4v) is 2.13. The van der Waals surface area contributed by atoms with Gasteiger partial charge in [0, 0.05) is 71.0 Å². The normalized spacial score (nSPS) is 7.97. The van der Waals surface area contributed by atoms with Crippen LogP contribution in [0.25, 0.3) is 17.1 Å². The number of nitrogens with two attached hydrogens (primary N) is 1. The number of aromatic nitrogens is 3. The van der Waals surface area contributed by atoms with E-state index in [1.165, 1.54) is 0 Å². The number of amides is 1. The second-order valence-corrected chi connectivity index (χ2v) is 4.74. The number of carbonyl (C=O) groups excluding carboxylic acids is 1. The van der Waals surface area contributed by atoms with Gasteiger partial charge in [-0.25, -0.2) is 9.67 Å². The molecule has 3 aromatic rings. The summed E-state index contributed by atoms with van der Waals surface area (Å²) in [7, 11) is 0. The average Bonchev–Trinajstić information content (AvgIpc) is 3.19. The molecule has 0 aliphatic rings. The molecule has 1 amide bonds. The molecule has 0 spiro atoms. The van der Waals surface area contributed by atoms with Crippen LogP contribution in [0.1, 0.15) is 57.7 Å². The van der Waals surface area contributed by atoms with Gasteiger partial charge in [0.2, 0.25) is 5.82 Å². The number of carbonyl (C=O) groups is 1. The van der Waals surface area contributed by atoms with Gasteiger partial charge >= 0.3 is 0 Å². The number of nitrogens with zero attached hydrogens (tertiary/aromatic N) is 3. The largest absolute Gasteiger partial charge is 0.363 e. The zero-order chi connectivity index (χ0) is 20.8. The van der Waals surface area contributed by atoms with E-state index >= 15 is 0 Å². The van der Waals surface area contributed by atoms with Crippen molar-refractivity contribution in [1.82, 2.24) is 14.8 Å². The first-order valence-electron chi connectivity index (χ1n) is 9.54. The summed E-state index contributed by atoms with van der Waals surface area (Å²) in [6.07, 6.45) is 0. The van der Waals surface area contributed by atoms with Crippen molar-refractivity contribution in [3.8, 4) is 17.1 Å². The molecule has 0 bridgehead atoms. The van der Waals surface area contributed by atoms with Crippen molar-refractivity contribution >= 4 is 5.91 Å². The van der Waals surface area contributed by atoms with Crippen molar-refractivity contribution in [1.29, 1.82) is 0 Å². The topological polar surface area (TPSA) is 73.8 Å². The molecule has 2 N–H and O–H groups in total. The van der Waals surface area contributed by atoms with Crippen LogP contribution in [-0.4, -0.2) is 20.7 Å². The van der Waals surface area contributed by atoms with Crippen molar-refractivity contribution in [2.45, 2.75) is 48.5 Å². The average molecular weight is 561 g/mol. The van der Waals surface area contributed by atoms with E-state index in [0.717, 1.165) is 16.8 Å². The summed E-state index contributed by atoms with van der Waals surface area (Å²) in [6.45, 7) is 14.0. The Labute approximate surface area is 233 Å². The summed E-state index contributed by atoms with van der Waals surface area (Å²) in [6, 6.07) is 17.4. The Kier molecular flexibility index (Phi) is 26.2. The van der Waals surface area contributed by atoms with E-state index in [9.17, 15) is 4.79 Å². The Balaban J connectivity index is -0.000000346. The Hall–Kier alpha value is -0.742.